The van der Waals surface area contributed by atoms with Crippen molar-refractivity contribution < 1.29 is 13.2 Å². The SMILES string of the molecule is O=C(C1CC=CCC1)N1C2CCC1CC(S(=O)(=O)c1ccccc1)C2. The first-order chi connectivity index (χ1) is 12.1. The minimum absolute atomic E-state index is 0.0929. The van der Waals surface area contributed by atoms with Gasteiger partial charge in [0.05, 0.1) is 10.1 Å². The summed E-state index contributed by atoms with van der Waals surface area (Å²) in [5.41, 5.74) is 0. The summed E-state index contributed by atoms with van der Waals surface area (Å²) in [6.45, 7) is 0. The van der Waals surface area contributed by atoms with Gasteiger partial charge in [-0.2, -0.15) is 0 Å². The highest BCUT2D eigenvalue weighted by molar-refractivity contribution is 7.92. The summed E-state index contributed by atoms with van der Waals surface area (Å²) in [5, 5.41) is -0.359. The maximum absolute atomic E-state index is 13.0. The Kier molecular flexibility index (Phi) is 4.44. The Morgan fingerprint density at radius 1 is 0.960 bits per heavy atom. The van der Waals surface area contributed by atoms with Gasteiger partial charge in [0, 0.05) is 18.0 Å². The van der Waals surface area contributed by atoms with E-state index in [1.54, 1.807) is 24.3 Å². The zero-order chi connectivity index (χ0) is 17.4. The van der Waals surface area contributed by atoms with E-state index in [1.165, 1.54) is 0 Å². The van der Waals surface area contributed by atoms with E-state index in [-0.39, 0.29) is 29.2 Å². The Morgan fingerprint density at radius 2 is 1.64 bits per heavy atom. The van der Waals surface area contributed by atoms with Crippen LogP contribution >= 0.6 is 0 Å². The predicted octanol–water partition coefficient (Wildman–Crippen LogP) is 3.34. The Labute approximate surface area is 149 Å². The zero-order valence-corrected chi connectivity index (χ0v) is 15.2. The number of piperidine rings is 1. The molecule has 3 unspecified atom stereocenters. The second-order valence-electron chi connectivity index (χ2n) is 7.56. The largest absolute Gasteiger partial charge is 0.336 e. The van der Waals surface area contributed by atoms with Crippen LogP contribution in [0.15, 0.2) is 47.4 Å². The van der Waals surface area contributed by atoms with Gasteiger partial charge in [-0.25, -0.2) is 8.42 Å². The lowest BCUT2D eigenvalue weighted by molar-refractivity contribution is -0.140. The van der Waals surface area contributed by atoms with Crippen molar-refractivity contribution in [2.75, 3.05) is 0 Å². The standard InChI is InChI=1S/C20H25NO3S/c22-20(15-7-3-1-4-8-15)21-16-11-12-17(21)14-19(13-16)25(23,24)18-9-5-2-6-10-18/h1-3,5-6,9-10,15-17,19H,4,7-8,11-14H2. The predicted molar refractivity (Wildman–Crippen MR) is 96.8 cm³/mol. The fourth-order valence-corrected chi connectivity index (χ4v) is 6.64. The molecule has 1 aromatic rings. The van der Waals surface area contributed by atoms with Crippen LogP contribution in [-0.4, -0.2) is 36.6 Å². The van der Waals surface area contributed by atoms with Crippen LogP contribution in [0, 0.1) is 5.92 Å². The molecule has 2 fully saturated rings. The molecule has 1 aliphatic carbocycles. The van der Waals surface area contributed by atoms with Gasteiger partial charge < -0.3 is 4.90 Å². The third-order valence-electron chi connectivity index (χ3n) is 6.07. The fraction of sp³-hybridized carbons (Fsp3) is 0.550. The lowest BCUT2D eigenvalue weighted by Gasteiger charge is -2.40. The normalized spacial score (nSPS) is 31.9. The number of fused-ring (bicyclic) bond motifs is 2. The molecule has 3 aliphatic rings. The average Bonchev–Trinajstić information content (AvgIpc) is 2.91. The summed E-state index contributed by atoms with van der Waals surface area (Å²) in [7, 11) is -3.31. The smallest absolute Gasteiger partial charge is 0.226 e. The van der Waals surface area contributed by atoms with E-state index in [9.17, 15) is 13.2 Å². The van der Waals surface area contributed by atoms with Gasteiger partial charge in [0.25, 0.3) is 0 Å². The number of nitrogens with zero attached hydrogens (tertiary/aromatic N) is 1. The monoisotopic (exact) mass is 359 g/mol. The van der Waals surface area contributed by atoms with Gasteiger partial charge in [-0.1, -0.05) is 30.4 Å². The molecule has 2 bridgehead atoms. The maximum Gasteiger partial charge on any atom is 0.226 e. The molecule has 2 aliphatic heterocycles. The minimum atomic E-state index is -3.31. The number of sulfone groups is 1. The van der Waals surface area contributed by atoms with E-state index >= 15 is 0 Å². The van der Waals surface area contributed by atoms with Crippen molar-refractivity contribution in [3.8, 4) is 0 Å². The van der Waals surface area contributed by atoms with Gasteiger partial charge in [-0.05, 0) is 57.1 Å². The van der Waals surface area contributed by atoms with Crippen molar-refractivity contribution in [1.29, 1.82) is 0 Å². The molecule has 0 spiro atoms. The van der Waals surface area contributed by atoms with Gasteiger partial charge >= 0.3 is 0 Å². The summed E-state index contributed by atoms with van der Waals surface area (Å²) in [5.74, 6) is 0.350. The van der Waals surface area contributed by atoms with E-state index in [2.05, 4.69) is 17.1 Å². The highest BCUT2D eigenvalue weighted by Crippen LogP contribution is 2.41. The Morgan fingerprint density at radius 3 is 2.24 bits per heavy atom. The van der Waals surface area contributed by atoms with Crippen molar-refractivity contribution >= 4 is 15.7 Å². The highest BCUT2D eigenvalue weighted by atomic mass is 32.2. The van der Waals surface area contributed by atoms with Gasteiger partial charge in [0.15, 0.2) is 9.84 Å². The molecule has 2 saturated heterocycles. The third-order valence-corrected chi connectivity index (χ3v) is 8.26. The van der Waals surface area contributed by atoms with Crippen molar-refractivity contribution in [3.63, 3.8) is 0 Å². The molecule has 3 atom stereocenters. The molecule has 2 heterocycles. The summed E-state index contributed by atoms with van der Waals surface area (Å²) in [4.78, 5) is 15.5. The quantitative estimate of drug-likeness (QED) is 0.778. The molecular formula is C20H25NO3S. The summed E-state index contributed by atoms with van der Waals surface area (Å²) in [6.07, 6.45) is 10.1. The number of carbonyl (C=O) groups excluding carboxylic acids is 1. The molecule has 0 radical (unpaired) electrons. The number of rotatable bonds is 3. The van der Waals surface area contributed by atoms with Crippen LogP contribution in [0.1, 0.15) is 44.9 Å². The topological polar surface area (TPSA) is 54.5 Å². The van der Waals surface area contributed by atoms with Crippen molar-refractivity contribution in [3.05, 3.63) is 42.5 Å². The van der Waals surface area contributed by atoms with Crippen LogP contribution in [0.2, 0.25) is 0 Å². The van der Waals surface area contributed by atoms with Crippen LogP contribution in [0.5, 0.6) is 0 Å². The molecule has 4 nitrogen and oxygen atoms in total. The average molecular weight is 359 g/mol. The molecule has 5 heteroatoms. The minimum Gasteiger partial charge on any atom is -0.336 e. The first kappa shape index (κ1) is 16.8. The van der Waals surface area contributed by atoms with Gasteiger partial charge in [0.1, 0.15) is 0 Å². The lowest BCUT2D eigenvalue weighted by atomic mass is 9.91. The van der Waals surface area contributed by atoms with E-state index < -0.39 is 9.84 Å². The Bertz CT molecular complexity index is 757. The molecule has 0 saturated carbocycles. The maximum atomic E-state index is 13.0. The molecule has 25 heavy (non-hydrogen) atoms. The van der Waals surface area contributed by atoms with Crippen LogP contribution in [0.25, 0.3) is 0 Å². The van der Waals surface area contributed by atoms with Gasteiger partial charge in [-0.15, -0.1) is 0 Å². The second-order valence-corrected chi connectivity index (χ2v) is 9.79. The van der Waals surface area contributed by atoms with Crippen LogP contribution in [-0.2, 0) is 14.6 Å². The summed E-state index contributed by atoms with van der Waals surface area (Å²) in [6, 6.07) is 8.95. The Hall–Kier alpha value is -1.62. The third kappa shape index (κ3) is 3.03. The van der Waals surface area contributed by atoms with Crippen LogP contribution < -0.4 is 0 Å². The number of amides is 1. The molecule has 4 rings (SSSR count). The molecule has 0 aromatic heterocycles. The number of carbonyl (C=O) groups is 1. The van der Waals surface area contributed by atoms with Crippen LogP contribution in [0.4, 0.5) is 0 Å². The molecule has 1 amide bonds. The molecule has 0 N–H and O–H groups in total. The van der Waals surface area contributed by atoms with E-state index in [0.29, 0.717) is 17.7 Å². The Balaban J connectivity index is 1.52. The zero-order valence-electron chi connectivity index (χ0n) is 14.4. The van der Waals surface area contributed by atoms with Gasteiger partial charge in [-0.3, -0.25) is 4.79 Å². The summed E-state index contributed by atoms with van der Waals surface area (Å²) < 4.78 is 25.9. The second kappa shape index (κ2) is 6.60. The van der Waals surface area contributed by atoms with Crippen LogP contribution in [0.3, 0.4) is 0 Å². The first-order valence-corrected chi connectivity index (χ1v) is 10.9. The van der Waals surface area contributed by atoms with E-state index in [1.807, 2.05) is 6.07 Å². The fourth-order valence-electron chi connectivity index (χ4n) is 4.77. The lowest BCUT2D eigenvalue weighted by Crippen LogP contribution is -2.51. The number of allylic oxidation sites excluding steroid dienone is 2. The van der Waals surface area contributed by atoms with Crippen molar-refractivity contribution in [1.82, 2.24) is 4.90 Å². The number of hydrogen-bond donors (Lipinski definition) is 0. The molecule has 134 valence electrons. The van der Waals surface area contributed by atoms with E-state index in [4.69, 9.17) is 0 Å². The number of hydrogen-bond acceptors (Lipinski definition) is 3. The highest BCUT2D eigenvalue weighted by Gasteiger charge is 2.48. The van der Waals surface area contributed by atoms with Gasteiger partial charge in [0.2, 0.25) is 5.91 Å². The molecular weight excluding hydrogens is 334 g/mol. The first-order valence-electron chi connectivity index (χ1n) is 9.33. The molecule has 1 aromatic carbocycles. The van der Waals surface area contributed by atoms with Crippen molar-refractivity contribution in [2.24, 2.45) is 5.92 Å². The van der Waals surface area contributed by atoms with E-state index in [0.717, 1.165) is 32.1 Å². The number of benzene rings is 1. The van der Waals surface area contributed by atoms with Crippen molar-refractivity contribution in [2.45, 2.75) is 67.2 Å². The summed E-state index contributed by atoms with van der Waals surface area (Å²) >= 11 is 0.